The van der Waals surface area contributed by atoms with Crippen molar-refractivity contribution in [1.82, 2.24) is 15.1 Å². The Morgan fingerprint density at radius 1 is 1.24 bits per heavy atom. The van der Waals surface area contributed by atoms with Crippen molar-refractivity contribution in [3.8, 4) is 0 Å². The van der Waals surface area contributed by atoms with Crippen molar-refractivity contribution in [3.05, 3.63) is 35.4 Å². The van der Waals surface area contributed by atoms with Crippen LogP contribution in [-0.4, -0.2) is 74.1 Å². The lowest BCUT2D eigenvalue weighted by Crippen LogP contribution is -2.49. The lowest BCUT2D eigenvalue weighted by molar-refractivity contribution is -0.129. The Morgan fingerprint density at radius 3 is 2.72 bits per heavy atom. The van der Waals surface area contributed by atoms with Gasteiger partial charge in [0.2, 0.25) is 5.91 Å². The number of rotatable bonds is 4. The Labute approximate surface area is 154 Å². The molecule has 2 fully saturated rings. The average molecular weight is 368 g/mol. The lowest BCUT2D eigenvalue weighted by Gasteiger charge is -2.32. The molecule has 0 saturated carbocycles. The van der Waals surface area contributed by atoms with Gasteiger partial charge < -0.3 is 15.0 Å². The third-order valence-electron chi connectivity index (χ3n) is 4.89. The quantitative estimate of drug-likeness (QED) is 0.803. The molecule has 25 heavy (non-hydrogen) atoms. The van der Waals surface area contributed by atoms with E-state index in [1.807, 2.05) is 11.0 Å². The number of halogens is 1. The maximum atomic E-state index is 12.6. The minimum Gasteiger partial charge on any atom is -0.465 e. The van der Waals surface area contributed by atoms with Crippen molar-refractivity contribution in [2.24, 2.45) is 0 Å². The highest BCUT2D eigenvalue weighted by Gasteiger charge is 2.30. The Kier molecular flexibility index (Phi) is 7.23. The Morgan fingerprint density at radius 2 is 2.00 bits per heavy atom. The molecule has 0 spiro atoms. The molecule has 0 bridgehead atoms. The van der Waals surface area contributed by atoms with Gasteiger partial charge in [0.15, 0.2) is 0 Å². The van der Waals surface area contributed by atoms with Gasteiger partial charge in [-0.25, -0.2) is 4.79 Å². The molecular weight excluding hydrogens is 342 g/mol. The van der Waals surface area contributed by atoms with E-state index in [9.17, 15) is 9.59 Å². The predicted molar refractivity (Wildman–Crippen MR) is 98.2 cm³/mol. The first-order valence-electron chi connectivity index (χ1n) is 8.57. The molecule has 2 saturated heterocycles. The highest BCUT2D eigenvalue weighted by Crippen LogP contribution is 2.18. The van der Waals surface area contributed by atoms with Crippen molar-refractivity contribution in [3.63, 3.8) is 0 Å². The summed E-state index contributed by atoms with van der Waals surface area (Å²) in [5.41, 5.74) is 1.34. The van der Waals surface area contributed by atoms with Crippen LogP contribution in [0.1, 0.15) is 22.3 Å². The second-order valence-electron chi connectivity index (χ2n) is 6.44. The second kappa shape index (κ2) is 9.17. The van der Waals surface area contributed by atoms with Crippen molar-refractivity contribution >= 4 is 24.3 Å². The number of hydrogen-bond acceptors (Lipinski definition) is 5. The number of benzene rings is 1. The van der Waals surface area contributed by atoms with Crippen LogP contribution in [0.4, 0.5) is 0 Å². The maximum Gasteiger partial charge on any atom is 0.337 e. The highest BCUT2D eigenvalue weighted by molar-refractivity contribution is 5.90. The van der Waals surface area contributed by atoms with E-state index in [2.05, 4.69) is 10.2 Å². The number of piperazine rings is 1. The maximum absolute atomic E-state index is 12.6. The van der Waals surface area contributed by atoms with Crippen LogP contribution in [0.15, 0.2) is 24.3 Å². The van der Waals surface area contributed by atoms with E-state index in [-0.39, 0.29) is 24.3 Å². The fourth-order valence-corrected chi connectivity index (χ4v) is 3.53. The van der Waals surface area contributed by atoms with Crippen LogP contribution in [-0.2, 0) is 16.0 Å². The molecule has 1 atom stereocenters. The van der Waals surface area contributed by atoms with E-state index in [1.54, 1.807) is 18.2 Å². The third kappa shape index (κ3) is 4.93. The molecule has 1 aromatic carbocycles. The number of esters is 1. The van der Waals surface area contributed by atoms with Gasteiger partial charge >= 0.3 is 5.97 Å². The molecule has 0 radical (unpaired) electrons. The van der Waals surface area contributed by atoms with E-state index >= 15 is 0 Å². The molecule has 6 nitrogen and oxygen atoms in total. The van der Waals surface area contributed by atoms with Gasteiger partial charge in [-0.2, -0.15) is 0 Å². The minimum atomic E-state index is -0.371. The summed E-state index contributed by atoms with van der Waals surface area (Å²) < 4.78 is 4.73. The first-order chi connectivity index (χ1) is 11.7. The molecule has 2 heterocycles. The molecule has 138 valence electrons. The van der Waals surface area contributed by atoms with Crippen LogP contribution >= 0.6 is 12.4 Å². The highest BCUT2D eigenvalue weighted by atomic mass is 35.5. The summed E-state index contributed by atoms with van der Waals surface area (Å²) >= 11 is 0. The molecule has 7 heteroatoms. The van der Waals surface area contributed by atoms with Gasteiger partial charge in [-0.05, 0) is 24.1 Å². The SMILES string of the molecule is COC(=O)c1cccc(CC(=O)N2CCC(N3CCNCC3)C2)c1.Cl. The minimum absolute atomic E-state index is 0. The molecule has 2 aliphatic heterocycles. The number of likely N-dealkylation sites (tertiary alicyclic amines) is 1. The van der Waals surface area contributed by atoms with Gasteiger partial charge in [0.25, 0.3) is 0 Å². The van der Waals surface area contributed by atoms with E-state index in [4.69, 9.17) is 4.74 Å². The van der Waals surface area contributed by atoms with Crippen LogP contribution < -0.4 is 5.32 Å². The molecule has 3 rings (SSSR count). The number of methoxy groups -OCH3 is 1. The molecule has 0 aliphatic carbocycles. The van der Waals surface area contributed by atoms with Crippen molar-refractivity contribution in [2.75, 3.05) is 46.4 Å². The van der Waals surface area contributed by atoms with E-state index in [0.717, 1.165) is 51.3 Å². The van der Waals surface area contributed by atoms with Crippen molar-refractivity contribution < 1.29 is 14.3 Å². The molecular formula is C18H26ClN3O3. The Bertz CT molecular complexity index is 605. The van der Waals surface area contributed by atoms with Crippen LogP contribution in [0.3, 0.4) is 0 Å². The summed E-state index contributed by atoms with van der Waals surface area (Å²) in [6.07, 6.45) is 1.38. The van der Waals surface area contributed by atoms with Crippen LogP contribution in [0.2, 0.25) is 0 Å². The number of nitrogens with zero attached hydrogens (tertiary/aromatic N) is 2. The van der Waals surface area contributed by atoms with E-state index < -0.39 is 0 Å². The van der Waals surface area contributed by atoms with Gasteiger partial charge in [-0.3, -0.25) is 9.69 Å². The van der Waals surface area contributed by atoms with Crippen molar-refractivity contribution in [2.45, 2.75) is 18.9 Å². The largest absolute Gasteiger partial charge is 0.465 e. The molecule has 0 aromatic heterocycles. The zero-order chi connectivity index (χ0) is 16.9. The summed E-state index contributed by atoms with van der Waals surface area (Å²) in [4.78, 5) is 28.6. The van der Waals surface area contributed by atoms with Crippen molar-refractivity contribution in [1.29, 1.82) is 0 Å². The number of hydrogen-bond donors (Lipinski definition) is 1. The summed E-state index contributed by atoms with van der Waals surface area (Å²) in [6.45, 7) is 5.83. The summed E-state index contributed by atoms with van der Waals surface area (Å²) in [5, 5.41) is 3.36. The van der Waals surface area contributed by atoms with E-state index in [1.165, 1.54) is 7.11 Å². The molecule has 1 aromatic rings. The molecule has 1 amide bonds. The normalized spacial score (nSPS) is 20.8. The van der Waals surface area contributed by atoms with E-state index in [0.29, 0.717) is 18.0 Å². The Hall–Kier alpha value is -1.63. The number of ether oxygens (including phenoxy) is 1. The monoisotopic (exact) mass is 367 g/mol. The third-order valence-corrected chi connectivity index (χ3v) is 4.89. The number of nitrogens with one attached hydrogen (secondary N) is 1. The first kappa shape index (κ1) is 19.7. The van der Waals surface area contributed by atoms with Gasteiger partial charge in [0.05, 0.1) is 19.1 Å². The molecule has 2 aliphatic rings. The number of carbonyl (C=O) groups is 2. The standard InChI is InChI=1S/C18H25N3O3.ClH/c1-24-18(23)15-4-2-3-14(11-15)12-17(22)21-8-5-16(13-21)20-9-6-19-7-10-20;/h2-4,11,16,19H,5-10,12-13H2,1H3;1H. The van der Waals surface area contributed by atoms with Gasteiger partial charge in [0, 0.05) is 45.3 Å². The lowest BCUT2D eigenvalue weighted by atomic mass is 10.1. The molecule has 1 N–H and O–H groups in total. The number of amides is 1. The smallest absolute Gasteiger partial charge is 0.337 e. The van der Waals surface area contributed by atoms with Crippen LogP contribution in [0, 0.1) is 0 Å². The van der Waals surface area contributed by atoms with Crippen LogP contribution in [0.25, 0.3) is 0 Å². The summed E-state index contributed by atoms with van der Waals surface area (Å²) in [6, 6.07) is 7.61. The van der Waals surface area contributed by atoms with Gasteiger partial charge in [0.1, 0.15) is 0 Å². The second-order valence-corrected chi connectivity index (χ2v) is 6.44. The molecule has 1 unspecified atom stereocenters. The Balaban J connectivity index is 0.00000225. The topological polar surface area (TPSA) is 61.9 Å². The predicted octanol–water partition coefficient (Wildman–Crippen LogP) is 0.944. The average Bonchev–Trinajstić information content (AvgIpc) is 3.12. The summed E-state index contributed by atoms with van der Waals surface area (Å²) in [7, 11) is 1.36. The van der Waals surface area contributed by atoms with Gasteiger partial charge in [-0.15, -0.1) is 12.4 Å². The summed E-state index contributed by atoms with van der Waals surface area (Å²) in [5.74, 6) is -0.237. The fraction of sp³-hybridized carbons (Fsp3) is 0.556. The van der Waals surface area contributed by atoms with Gasteiger partial charge in [-0.1, -0.05) is 12.1 Å². The first-order valence-corrected chi connectivity index (χ1v) is 8.57. The number of carbonyl (C=O) groups excluding carboxylic acids is 2. The fourth-order valence-electron chi connectivity index (χ4n) is 3.53. The zero-order valence-electron chi connectivity index (χ0n) is 14.6. The zero-order valence-corrected chi connectivity index (χ0v) is 15.4. The van der Waals surface area contributed by atoms with Crippen LogP contribution in [0.5, 0.6) is 0 Å².